The van der Waals surface area contributed by atoms with E-state index in [1.807, 2.05) is 12.1 Å². The van der Waals surface area contributed by atoms with Gasteiger partial charge in [0.25, 0.3) is 5.91 Å². The third-order valence-electron chi connectivity index (χ3n) is 3.39. The molecule has 0 bridgehead atoms. The van der Waals surface area contributed by atoms with E-state index in [0.717, 1.165) is 11.3 Å². The molecule has 2 aromatic heterocycles. The number of amides is 1. The molecular weight excluding hydrogens is 392 g/mol. The molecule has 2 heterocycles. The van der Waals surface area contributed by atoms with Crippen molar-refractivity contribution in [1.29, 1.82) is 0 Å². The zero-order valence-corrected chi connectivity index (χ0v) is 15.8. The Balaban J connectivity index is 0.00000182. The lowest BCUT2D eigenvalue weighted by Gasteiger charge is -2.08. The molecule has 0 aliphatic rings. The maximum atomic E-state index is 12.1. The lowest BCUT2D eigenvalue weighted by atomic mass is 10.2. The predicted octanol–water partition coefficient (Wildman–Crippen LogP) is 3.83. The summed E-state index contributed by atoms with van der Waals surface area (Å²) in [4.78, 5) is 24.4. The largest absolute Gasteiger partial charge is 0.349 e. The van der Waals surface area contributed by atoms with Crippen LogP contribution in [0.3, 0.4) is 0 Å². The number of nitrogens with zero attached hydrogens (tertiary/aromatic N) is 3. The van der Waals surface area contributed by atoms with Crippen LogP contribution >= 0.6 is 24.8 Å². The first kappa shape index (κ1) is 22.3. The first-order valence-electron chi connectivity index (χ1n) is 7.71. The van der Waals surface area contributed by atoms with Crippen LogP contribution in [-0.2, 0) is 0 Å². The Bertz CT molecular complexity index is 850. The number of alkyl halides is 1. The fourth-order valence-corrected chi connectivity index (χ4v) is 2.18. The monoisotopic (exact) mass is 409 g/mol. The van der Waals surface area contributed by atoms with Crippen LogP contribution in [0.4, 0.5) is 15.9 Å². The summed E-state index contributed by atoms with van der Waals surface area (Å²) in [5, 5.41) is 5.65. The minimum absolute atomic E-state index is 0. The van der Waals surface area contributed by atoms with Gasteiger partial charge < -0.3 is 10.6 Å². The number of carbonyl (C=O) groups is 1. The summed E-state index contributed by atoms with van der Waals surface area (Å²) in [5.74, 6) is 0.928. The summed E-state index contributed by atoms with van der Waals surface area (Å²) in [6.07, 6.45) is 5.04. The van der Waals surface area contributed by atoms with Crippen LogP contribution in [-0.4, -0.2) is 34.1 Å². The van der Waals surface area contributed by atoms with Crippen LogP contribution in [0.2, 0.25) is 0 Å². The van der Waals surface area contributed by atoms with Gasteiger partial charge in [-0.1, -0.05) is 0 Å². The fourth-order valence-electron chi connectivity index (χ4n) is 2.18. The molecule has 0 radical (unpaired) electrons. The van der Waals surface area contributed by atoms with E-state index in [2.05, 4.69) is 25.6 Å². The SMILES string of the molecule is Cl.Cl.O=C(NCCF)c1ccc(Nc2ccnc(-c3ccncc3)n2)cc1. The van der Waals surface area contributed by atoms with Gasteiger partial charge in [-0.05, 0) is 42.5 Å². The van der Waals surface area contributed by atoms with Gasteiger partial charge in [0.2, 0.25) is 0 Å². The highest BCUT2D eigenvalue weighted by molar-refractivity contribution is 5.94. The second-order valence-electron chi connectivity index (χ2n) is 5.15. The van der Waals surface area contributed by atoms with Crippen molar-refractivity contribution in [3.05, 3.63) is 66.6 Å². The van der Waals surface area contributed by atoms with Crippen LogP contribution in [0.25, 0.3) is 11.4 Å². The van der Waals surface area contributed by atoms with Crippen molar-refractivity contribution in [2.75, 3.05) is 18.5 Å². The maximum absolute atomic E-state index is 12.1. The van der Waals surface area contributed by atoms with E-state index in [0.29, 0.717) is 17.2 Å². The summed E-state index contributed by atoms with van der Waals surface area (Å²) < 4.78 is 12.1. The number of benzene rings is 1. The number of anilines is 2. The lowest BCUT2D eigenvalue weighted by Crippen LogP contribution is -2.25. The summed E-state index contributed by atoms with van der Waals surface area (Å²) in [6.45, 7) is -0.573. The molecule has 0 saturated carbocycles. The minimum atomic E-state index is -0.584. The molecule has 2 N–H and O–H groups in total. The molecule has 3 aromatic rings. The third-order valence-corrected chi connectivity index (χ3v) is 3.39. The number of carbonyl (C=O) groups excluding carboxylic acids is 1. The summed E-state index contributed by atoms with van der Waals surface area (Å²) in [6, 6.07) is 12.3. The normalized spacial score (nSPS) is 9.52. The van der Waals surface area contributed by atoms with Crippen molar-refractivity contribution in [3.8, 4) is 11.4 Å². The van der Waals surface area contributed by atoms with Gasteiger partial charge in [0, 0.05) is 41.9 Å². The van der Waals surface area contributed by atoms with Gasteiger partial charge in [0.1, 0.15) is 12.5 Å². The smallest absolute Gasteiger partial charge is 0.251 e. The van der Waals surface area contributed by atoms with Crippen molar-refractivity contribution >= 4 is 42.2 Å². The Morgan fingerprint density at radius 2 is 1.67 bits per heavy atom. The van der Waals surface area contributed by atoms with E-state index in [-0.39, 0.29) is 37.3 Å². The molecule has 0 fully saturated rings. The van der Waals surface area contributed by atoms with Crippen LogP contribution in [0.5, 0.6) is 0 Å². The van der Waals surface area contributed by atoms with Gasteiger partial charge in [-0.2, -0.15) is 0 Å². The molecule has 0 unspecified atom stereocenters. The van der Waals surface area contributed by atoms with Gasteiger partial charge in [-0.15, -0.1) is 24.8 Å². The summed E-state index contributed by atoms with van der Waals surface area (Å²) in [7, 11) is 0. The molecule has 1 amide bonds. The van der Waals surface area contributed by atoms with Crippen LogP contribution < -0.4 is 10.6 Å². The van der Waals surface area contributed by atoms with Gasteiger partial charge in [0.05, 0.1) is 0 Å². The highest BCUT2D eigenvalue weighted by Gasteiger charge is 2.06. The lowest BCUT2D eigenvalue weighted by molar-refractivity contribution is 0.0951. The highest BCUT2D eigenvalue weighted by atomic mass is 35.5. The van der Waals surface area contributed by atoms with Crippen molar-refractivity contribution in [2.24, 2.45) is 0 Å². The topological polar surface area (TPSA) is 79.8 Å². The Labute approximate surface area is 168 Å². The number of hydrogen-bond donors (Lipinski definition) is 2. The molecule has 0 aliphatic heterocycles. The van der Waals surface area contributed by atoms with Gasteiger partial charge in [-0.3, -0.25) is 9.78 Å². The van der Waals surface area contributed by atoms with Crippen LogP contribution in [0.15, 0.2) is 61.1 Å². The average Bonchev–Trinajstić information content (AvgIpc) is 2.67. The molecule has 0 spiro atoms. The molecule has 0 aliphatic carbocycles. The number of pyridine rings is 1. The van der Waals surface area contributed by atoms with Gasteiger partial charge in [-0.25, -0.2) is 14.4 Å². The van der Waals surface area contributed by atoms with E-state index < -0.39 is 6.67 Å². The fraction of sp³-hybridized carbons (Fsp3) is 0.111. The molecular formula is C18H18Cl2FN5O. The van der Waals surface area contributed by atoms with E-state index >= 15 is 0 Å². The first-order valence-corrected chi connectivity index (χ1v) is 7.71. The Hall–Kier alpha value is -2.77. The highest BCUT2D eigenvalue weighted by Crippen LogP contribution is 2.18. The average molecular weight is 410 g/mol. The van der Waals surface area contributed by atoms with Crippen LogP contribution in [0, 0.1) is 0 Å². The molecule has 3 rings (SSSR count). The summed E-state index contributed by atoms with van der Waals surface area (Å²) in [5.41, 5.74) is 2.12. The van der Waals surface area contributed by atoms with Gasteiger partial charge >= 0.3 is 0 Å². The maximum Gasteiger partial charge on any atom is 0.251 e. The zero-order chi connectivity index (χ0) is 17.5. The molecule has 6 nitrogen and oxygen atoms in total. The van der Waals surface area contributed by atoms with Crippen LogP contribution in [0.1, 0.15) is 10.4 Å². The molecule has 0 saturated heterocycles. The molecule has 27 heavy (non-hydrogen) atoms. The Kier molecular flexibility index (Phi) is 9.12. The van der Waals surface area contributed by atoms with Crippen molar-refractivity contribution in [1.82, 2.24) is 20.3 Å². The van der Waals surface area contributed by atoms with Crippen molar-refractivity contribution < 1.29 is 9.18 Å². The van der Waals surface area contributed by atoms with E-state index in [9.17, 15) is 9.18 Å². The van der Waals surface area contributed by atoms with Crippen molar-refractivity contribution in [3.63, 3.8) is 0 Å². The molecule has 9 heteroatoms. The zero-order valence-electron chi connectivity index (χ0n) is 14.1. The Morgan fingerprint density at radius 1 is 0.963 bits per heavy atom. The number of nitrogens with one attached hydrogen (secondary N) is 2. The molecule has 142 valence electrons. The quantitative estimate of drug-likeness (QED) is 0.646. The standard InChI is InChI=1S/C18H16FN5O.2ClH/c19-8-12-22-18(25)14-1-3-15(4-2-14)23-16-7-11-21-17(24-16)13-5-9-20-10-6-13;;/h1-7,9-11H,8,12H2,(H,22,25)(H,21,23,24);2*1H. The van der Waals surface area contributed by atoms with E-state index in [1.165, 1.54) is 0 Å². The molecule has 1 aromatic carbocycles. The van der Waals surface area contributed by atoms with E-state index in [4.69, 9.17) is 0 Å². The number of hydrogen-bond acceptors (Lipinski definition) is 5. The molecule has 0 atom stereocenters. The minimum Gasteiger partial charge on any atom is -0.349 e. The van der Waals surface area contributed by atoms with E-state index in [1.54, 1.807) is 48.9 Å². The summed E-state index contributed by atoms with van der Waals surface area (Å²) >= 11 is 0. The predicted molar refractivity (Wildman–Crippen MR) is 108 cm³/mol. The number of halogens is 3. The second kappa shape index (κ2) is 11.1. The Morgan fingerprint density at radius 3 is 2.33 bits per heavy atom. The first-order chi connectivity index (χ1) is 12.3. The second-order valence-corrected chi connectivity index (χ2v) is 5.15. The number of rotatable bonds is 6. The van der Waals surface area contributed by atoms with Gasteiger partial charge in [0.15, 0.2) is 5.82 Å². The number of aromatic nitrogens is 3. The third kappa shape index (κ3) is 6.16. The van der Waals surface area contributed by atoms with Crippen molar-refractivity contribution in [2.45, 2.75) is 0 Å².